The van der Waals surface area contributed by atoms with Crippen molar-refractivity contribution < 1.29 is 4.74 Å². The molecular formula is C17H15NOS. The molecule has 1 unspecified atom stereocenters. The summed E-state index contributed by atoms with van der Waals surface area (Å²) in [7, 11) is 0. The van der Waals surface area contributed by atoms with Gasteiger partial charge in [0.1, 0.15) is 5.75 Å². The van der Waals surface area contributed by atoms with Crippen LogP contribution in [0.3, 0.4) is 0 Å². The summed E-state index contributed by atoms with van der Waals surface area (Å²) in [6.45, 7) is 0.787. The number of rotatable bonds is 2. The number of hydrogen-bond donors (Lipinski definition) is 1. The van der Waals surface area contributed by atoms with Gasteiger partial charge in [-0.05, 0) is 39.6 Å². The van der Waals surface area contributed by atoms with E-state index in [9.17, 15) is 0 Å². The lowest BCUT2D eigenvalue weighted by atomic mass is 9.97. The van der Waals surface area contributed by atoms with Crippen LogP contribution in [0.15, 0.2) is 47.8 Å². The Morgan fingerprint density at radius 2 is 2.05 bits per heavy atom. The Balaban J connectivity index is 1.78. The van der Waals surface area contributed by atoms with E-state index in [1.165, 1.54) is 21.2 Å². The zero-order valence-electron chi connectivity index (χ0n) is 11.0. The molecule has 0 radical (unpaired) electrons. The number of hydrogen-bond acceptors (Lipinski definition) is 3. The first-order valence-corrected chi connectivity index (χ1v) is 7.68. The number of benzene rings is 2. The summed E-state index contributed by atoms with van der Waals surface area (Å²) in [6, 6.07) is 14.7. The van der Waals surface area contributed by atoms with Gasteiger partial charge in [0.15, 0.2) is 0 Å². The van der Waals surface area contributed by atoms with Crippen LogP contribution in [0.1, 0.15) is 22.7 Å². The maximum absolute atomic E-state index is 6.49. The number of nitrogens with two attached hydrogens (primary N) is 1. The first kappa shape index (κ1) is 11.9. The zero-order chi connectivity index (χ0) is 13.5. The van der Waals surface area contributed by atoms with Crippen molar-refractivity contribution in [2.75, 3.05) is 6.61 Å². The van der Waals surface area contributed by atoms with Gasteiger partial charge in [-0.3, -0.25) is 0 Å². The molecular weight excluding hydrogens is 266 g/mol. The number of ether oxygens (including phenoxy) is 1. The van der Waals surface area contributed by atoms with Crippen LogP contribution in [0.2, 0.25) is 0 Å². The molecule has 20 heavy (non-hydrogen) atoms. The minimum absolute atomic E-state index is 0.0722. The fourth-order valence-electron chi connectivity index (χ4n) is 2.82. The summed E-state index contributed by atoms with van der Waals surface area (Å²) in [4.78, 5) is 0. The second-order valence-electron chi connectivity index (χ2n) is 5.13. The smallest absolute Gasteiger partial charge is 0.122 e. The fraction of sp³-hybridized carbons (Fsp3) is 0.176. The van der Waals surface area contributed by atoms with Gasteiger partial charge in [-0.2, -0.15) is 0 Å². The fourth-order valence-corrected chi connectivity index (χ4v) is 3.82. The normalized spacial score (nSPS) is 15.1. The molecule has 2 aromatic carbocycles. The highest BCUT2D eigenvalue weighted by atomic mass is 32.1. The number of fused-ring (bicyclic) bond motifs is 2. The molecule has 0 amide bonds. The molecule has 1 aromatic heterocycles. The Labute approximate surface area is 121 Å². The van der Waals surface area contributed by atoms with E-state index in [0.29, 0.717) is 0 Å². The molecule has 0 fully saturated rings. The molecule has 0 saturated carbocycles. The van der Waals surface area contributed by atoms with Gasteiger partial charge in [0.25, 0.3) is 0 Å². The van der Waals surface area contributed by atoms with Crippen molar-refractivity contribution >= 4 is 21.4 Å². The predicted molar refractivity (Wildman–Crippen MR) is 83.5 cm³/mol. The van der Waals surface area contributed by atoms with Gasteiger partial charge < -0.3 is 10.5 Å². The SMILES string of the molecule is NC(c1ccc2c(c1)CCO2)c1csc2ccccc12. The molecule has 3 aromatic rings. The van der Waals surface area contributed by atoms with Crippen LogP contribution in [-0.2, 0) is 6.42 Å². The highest BCUT2D eigenvalue weighted by Crippen LogP contribution is 2.34. The molecule has 1 aliphatic heterocycles. The van der Waals surface area contributed by atoms with Crippen LogP contribution in [-0.4, -0.2) is 6.61 Å². The average Bonchev–Trinajstić information content (AvgIpc) is 3.12. The molecule has 2 nitrogen and oxygen atoms in total. The lowest BCUT2D eigenvalue weighted by molar-refractivity contribution is 0.357. The van der Waals surface area contributed by atoms with Gasteiger partial charge in [0.05, 0.1) is 12.6 Å². The first-order valence-electron chi connectivity index (χ1n) is 6.80. The molecule has 0 bridgehead atoms. The molecule has 1 aliphatic rings. The van der Waals surface area contributed by atoms with Crippen molar-refractivity contribution in [1.29, 1.82) is 0 Å². The highest BCUT2D eigenvalue weighted by Gasteiger charge is 2.17. The van der Waals surface area contributed by atoms with Gasteiger partial charge in [-0.1, -0.05) is 30.3 Å². The molecule has 1 atom stereocenters. The van der Waals surface area contributed by atoms with Crippen molar-refractivity contribution in [2.24, 2.45) is 5.73 Å². The zero-order valence-corrected chi connectivity index (χ0v) is 11.8. The summed E-state index contributed by atoms with van der Waals surface area (Å²) < 4.78 is 6.85. The summed E-state index contributed by atoms with van der Waals surface area (Å²) in [5.74, 6) is 1.01. The minimum atomic E-state index is -0.0722. The standard InChI is InChI=1S/C17H15NOS/c18-17(12-5-6-15-11(9-12)7-8-19-15)14-10-20-16-4-2-1-3-13(14)16/h1-6,9-10,17H,7-8,18H2. The van der Waals surface area contributed by atoms with E-state index >= 15 is 0 Å². The lowest BCUT2D eigenvalue weighted by Gasteiger charge is -2.13. The maximum atomic E-state index is 6.49. The maximum Gasteiger partial charge on any atom is 0.122 e. The van der Waals surface area contributed by atoms with E-state index in [1.807, 2.05) is 6.07 Å². The molecule has 2 heterocycles. The number of thiophene rings is 1. The summed E-state index contributed by atoms with van der Waals surface area (Å²) >= 11 is 1.76. The van der Waals surface area contributed by atoms with E-state index in [4.69, 9.17) is 10.5 Å². The molecule has 0 saturated heterocycles. The van der Waals surface area contributed by atoms with Crippen LogP contribution < -0.4 is 10.5 Å². The third-order valence-electron chi connectivity index (χ3n) is 3.92. The summed E-state index contributed by atoms with van der Waals surface area (Å²) in [5.41, 5.74) is 10.1. The monoisotopic (exact) mass is 281 g/mol. The van der Waals surface area contributed by atoms with E-state index in [-0.39, 0.29) is 6.04 Å². The summed E-state index contributed by atoms with van der Waals surface area (Å²) in [5, 5.41) is 3.45. The van der Waals surface area contributed by atoms with Crippen molar-refractivity contribution in [3.63, 3.8) is 0 Å². The molecule has 3 heteroatoms. The third-order valence-corrected chi connectivity index (χ3v) is 4.90. The van der Waals surface area contributed by atoms with E-state index in [2.05, 4.69) is 41.8 Å². The van der Waals surface area contributed by atoms with Crippen LogP contribution in [0.5, 0.6) is 5.75 Å². The van der Waals surface area contributed by atoms with Crippen molar-refractivity contribution in [2.45, 2.75) is 12.5 Å². The van der Waals surface area contributed by atoms with E-state index in [0.717, 1.165) is 24.3 Å². The van der Waals surface area contributed by atoms with E-state index in [1.54, 1.807) is 11.3 Å². The lowest BCUT2D eigenvalue weighted by Crippen LogP contribution is -2.11. The molecule has 100 valence electrons. The minimum Gasteiger partial charge on any atom is -0.493 e. The Bertz CT molecular complexity index is 778. The Morgan fingerprint density at radius 1 is 1.15 bits per heavy atom. The largest absolute Gasteiger partial charge is 0.493 e. The molecule has 0 aliphatic carbocycles. The van der Waals surface area contributed by atoms with Crippen LogP contribution in [0, 0.1) is 0 Å². The first-order chi connectivity index (χ1) is 9.83. The topological polar surface area (TPSA) is 35.2 Å². The Morgan fingerprint density at radius 3 is 3.00 bits per heavy atom. The van der Waals surface area contributed by atoms with Crippen molar-refractivity contribution in [1.82, 2.24) is 0 Å². The molecule has 4 rings (SSSR count). The van der Waals surface area contributed by atoms with E-state index < -0.39 is 0 Å². The molecule has 2 N–H and O–H groups in total. The average molecular weight is 281 g/mol. The predicted octanol–water partition coefficient (Wildman–Crippen LogP) is 3.88. The van der Waals surface area contributed by atoms with Gasteiger partial charge in [0, 0.05) is 11.1 Å². The van der Waals surface area contributed by atoms with Crippen LogP contribution >= 0.6 is 11.3 Å². The van der Waals surface area contributed by atoms with Crippen molar-refractivity contribution in [3.8, 4) is 5.75 Å². The quantitative estimate of drug-likeness (QED) is 0.773. The highest BCUT2D eigenvalue weighted by molar-refractivity contribution is 7.17. The van der Waals surface area contributed by atoms with Gasteiger partial charge in [-0.15, -0.1) is 11.3 Å². The summed E-state index contributed by atoms with van der Waals surface area (Å²) in [6.07, 6.45) is 0.986. The van der Waals surface area contributed by atoms with Gasteiger partial charge >= 0.3 is 0 Å². The second-order valence-corrected chi connectivity index (χ2v) is 6.04. The van der Waals surface area contributed by atoms with Gasteiger partial charge in [-0.25, -0.2) is 0 Å². The Kier molecular flexibility index (Phi) is 2.76. The van der Waals surface area contributed by atoms with Crippen LogP contribution in [0.25, 0.3) is 10.1 Å². The second kappa shape index (κ2) is 4.62. The molecule has 0 spiro atoms. The van der Waals surface area contributed by atoms with Crippen molar-refractivity contribution in [3.05, 3.63) is 64.5 Å². The van der Waals surface area contributed by atoms with Crippen LogP contribution in [0.4, 0.5) is 0 Å². The van der Waals surface area contributed by atoms with Gasteiger partial charge in [0.2, 0.25) is 0 Å². The Hall–Kier alpha value is -1.84. The third kappa shape index (κ3) is 1.82.